The fourth-order valence-electron chi connectivity index (χ4n) is 3.99. The number of primary amides is 1. The van der Waals surface area contributed by atoms with Crippen LogP contribution in [0.15, 0.2) is 66.7 Å². The van der Waals surface area contributed by atoms with E-state index in [1.807, 2.05) is 12.1 Å². The molecule has 142 valence electrons. The van der Waals surface area contributed by atoms with Gasteiger partial charge >= 0.3 is 0 Å². The maximum Gasteiger partial charge on any atom is 0.248 e. The fraction of sp³-hybridized carbons (Fsp3) is 0.208. The second kappa shape index (κ2) is 7.49. The number of para-hydroxylation sites is 1. The number of nitrogens with two attached hydrogens (primary N) is 1. The summed E-state index contributed by atoms with van der Waals surface area (Å²) in [6.45, 7) is 4.83. The molecule has 0 aliphatic heterocycles. The zero-order valence-corrected chi connectivity index (χ0v) is 16.4. The Labute approximate surface area is 165 Å². The van der Waals surface area contributed by atoms with Gasteiger partial charge in [-0.1, -0.05) is 36.4 Å². The van der Waals surface area contributed by atoms with E-state index < -0.39 is 0 Å². The van der Waals surface area contributed by atoms with E-state index >= 15 is 0 Å². The molecule has 0 spiro atoms. The Balaban J connectivity index is 1.57. The van der Waals surface area contributed by atoms with Gasteiger partial charge in [0.2, 0.25) is 5.91 Å². The smallest absolute Gasteiger partial charge is 0.248 e. The van der Waals surface area contributed by atoms with E-state index in [-0.39, 0.29) is 5.91 Å². The quantitative estimate of drug-likeness (QED) is 0.541. The SMILES string of the molecule is CCn1c2ccccc2c2cc(CN(C)Cc3ccc(C(N)=O)cc3)ccc21. The molecule has 0 radical (unpaired) electrons. The maximum atomic E-state index is 11.2. The average molecular weight is 371 g/mol. The van der Waals surface area contributed by atoms with Crippen molar-refractivity contribution in [3.8, 4) is 0 Å². The highest BCUT2D eigenvalue weighted by molar-refractivity contribution is 6.08. The van der Waals surface area contributed by atoms with Gasteiger partial charge in [0.1, 0.15) is 0 Å². The predicted molar refractivity (Wildman–Crippen MR) is 115 cm³/mol. The molecular weight excluding hydrogens is 346 g/mol. The van der Waals surface area contributed by atoms with E-state index in [2.05, 4.69) is 65.9 Å². The third-order valence-corrected chi connectivity index (χ3v) is 5.30. The summed E-state index contributed by atoms with van der Waals surface area (Å²) in [6, 6.07) is 22.9. The van der Waals surface area contributed by atoms with Crippen LogP contribution in [-0.4, -0.2) is 22.4 Å². The first kappa shape index (κ1) is 18.3. The molecule has 1 aromatic heterocycles. The van der Waals surface area contributed by atoms with Gasteiger partial charge in [0, 0.05) is 47.0 Å². The Hall–Kier alpha value is -3.11. The van der Waals surface area contributed by atoms with Crippen LogP contribution in [0.2, 0.25) is 0 Å². The van der Waals surface area contributed by atoms with Crippen LogP contribution in [0.4, 0.5) is 0 Å². The lowest BCUT2D eigenvalue weighted by Crippen LogP contribution is -2.17. The normalized spacial score (nSPS) is 11.5. The van der Waals surface area contributed by atoms with Crippen molar-refractivity contribution in [1.82, 2.24) is 9.47 Å². The standard InChI is InChI=1S/C24H25N3O/c1-3-27-22-7-5-4-6-20(22)21-14-18(10-13-23(21)27)16-26(2)15-17-8-11-19(12-9-17)24(25)28/h4-14H,3,15-16H2,1-2H3,(H2,25,28). The molecule has 0 atom stereocenters. The van der Waals surface area contributed by atoms with Crippen molar-refractivity contribution in [2.75, 3.05) is 7.05 Å². The van der Waals surface area contributed by atoms with Crippen LogP contribution < -0.4 is 5.73 Å². The van der Waals surface area contributed by atoms with Crippen molar-refractivity contribution >= 4 is 27.7 Å². The van der Waals surface area contributed by atoms with Crippen molar-refractivity contribution in [3.05, 3.63) is 83.4 Å². The molecule has 4 nitrogen and oxygen atoms in total. The summed E-state index contributed by atoms with van der Waals surface area (Å²) >= 11 is 0. The number of fused-ring (bicyclic) bond motifs is 3. The molecule has 0 aliphatic carbocycles. The number of rotatable bonds is 6. The highest BCUT2D eigenvalue weighted by Crippen LogP contribution is 2.30. The van der Waals surface area contributed by atoms with Gasteiger partial charge in [-0.05, 0) is 55.4 Å². The molecule has 4 aromatic rings. The topological polar surface area (TPSA) is 51.3 Å². The molecule has 28 heavy (non-hydrogen) atoms. The number of hydrogen-bond donors (Lipinski definition) is 1. The predicted octanol–water partition coefficient (Wildman–Crippen LogP) is 4.55. The van der Waals surface area contributed by atoms with Crippen molar-refractivity contribution in [1.29, 1.82) is 0 Å². The highest BCUT2D eigenvalue weighted by Gasteiger charge is 2.11. The number of nitrogens with zero attached hydrogens (tertiary/aromatic N) is 2. The Morgan fingerprint density at radius 1 is 0.893 bits per heavy atom. The molecule has 2 N–H and O–H groups in total. The van der Waals surface area contributed by atoms with E-state index in [1.54, 1.807) is 12.1 Å². The first-order valence-electron chi connectivity index (χ1n) is 9.64. The van der Waals surface area contributed by atoms with E-state index in [0.717, 1.165) is 25.2 Å². The molecule has 0 fully saturated rings. The van der Waals surface area contributed by atoms with Gasteiger partial charge in [-0.15, -0.1) is 0 Å². The van der Waals surface area contributed by atoms with Crippen LogP contribution in [0.25, 0.3) is 21.8 Å². The first-order valence-corrected chi connectivity index (χ1v) is 9.64. The summed E-state index contributed by atoms with van der Waals surface area (Å²) in [5, 5.41) is 2.63. The lowest BCUT2D eigenvalue weighted by atomic mass is 10.1. The van der Waals surface area contributed by atoms with Gasteiger partial charge in [-0.2, -0.15) is 0 Å². The third kappa shape index (κ3) is 3.39. The minimum absolute atomic E-state index is 0.389. The van der Waals surface area contributed by atoms with Gasteiger partial charge in [0.15, 0.2) is 0 Å². The number of hydrogen-bond acceptors (Lipinski definition) is 2. The summed E-state index contributed by atoms with van der Waals surface area (Å²) in [7, 11) is 2.11. The number of benzene rings is 3. The lowest BCUT2D eigenvalue weighted by Gasteiger charge is -2.17. The first-order chi connectivity index (χ1) is 13.6. The second-order valence-electron chi connectivity index (χ2n) is 7.35. The van der Waals surface area contributed by atoms with Gasteiger partial charge in [0.25, 0.3) is 0 Å². The van der Waals surface area contributed by atoms with Crippen LogP contribution in [0.3, 0.4) is 0 Å². The van der Waals surface area contributed by atoms with E-state index in [1.165, 1.54) is 27.4 Å². The molecule has 0 aliphatic rings. The van der Waals surface area contributed by atoms with E-state index in [9.17, 15) is 4.79 Å². The molecule has 0 unspecified atom stereocenters. The molecule has 4 heteroatoms. The van der Waals surface area contributed by atoms with Crippen molar-refractivity contribution in [2.24, 2.45) is 5.73 Å². The number of aryl methyl sites for hydroxylation is 1. The summed E-state index contributed by atoms with van der Waals surface area (Å²) in [5.41, 5.74) is 10.9. The summed E-state index contributed by atoms with van der Waals surface area (Å²) in [5.74, 6) is -0.389. The van der Waals surface area contributed by atoms with Crippen LogP contribution in [0.5, 0.6) is 0 Å². The monoisotopic (exact) mass is 371 g/mol. The van der Waals surface area contributed by atoms with Crippen LogP contribution in [-0.2, 0) is 19.6 Å². The summed E-state index contributed by atoms with van der Waals surface area (Å²) < 4.78 is 2.37. The Bertz CT molecular complexity index is 1140. The lowest BCUT2D eigenvalue weighted by molar-refractivity contribution is 0.100. The summed E-state index contributed by atoms with van der Waals surface area (Å²) in [4.78, 5) is 13.5. The minimum Gasteiger partial charge on any atom is -0.366 e. The Morgan fingerprint density at radius 2 is 1.54 bits per heavy atom. The van der Waals surface area contributed by atoms with Crippen molar-refractivity contribution < 1.29 is 4.79 Å². The van der Waals surface area contributed by atoms with Crippen LogP contribution in [0.1, 0.15) is 28.4 Å². The highest BCUT2D eigenvalue weighted by atomic mass is 16.1. The third-order valence-electron chi connectivity index (χ3n) is 5.30. The minimum atomic E-state index is -0.389. The van der Waals surface area contributed by atoms with E-state index in [0.29, 0.717) is 5.56 Å². The molecule has 1 heterocycles. The molecule has 1 amide bonds. The zero-order chi connectivity index (χ0) is 19.7. The van der Waals surface area contributed by atoms with Gasteiger partial charge < -0.3 is 10.3 Å². The maximum absolute atomic E-state index is 11.2. The van der Waals surface area contributed by atoms with Crippen molar-refractivity contribution in [3.63, 3.8) is 0 Å². The fourth-order valence-corrected chi connectivity index (χ4v) is 3.99. The summed E-state index contributed by atoms with van der Waals surface area (Å²) in [6.07, 6.45) is 0. The Kier molecular flexibility index (Phi) is 4.88. The van der Waals surface area contributed by atoms with Crippen LogP contribution >= 0.6 is 0 Å². The average Bonchev–Trinajstić information content (AvgIpc) is 3.01. The number of aromatic nitrogens is 1. The van der Waals surface area contributed by atoms with E-state index in [4.69, 9.17) is 5.73 Å². The number of amides is 1. The zero-order valence-electron chi connectivity index (χ0n) is 16.4. The number of carbonyl (C=O) groups is 1. The van der Waals surface area contributed by atoms with Gasteiger partial charge in [0.05, 0.1) is 0 Å². The Morgan fingerprint density at radius 3 is 2.25 bits per heavy atom. The molecular formula is C24H25N3O. The van der Waals surface area contributed by atoms with Gasteiger partial charge in [-0.25, -0.2) is 0 Å². The number of carbonyl (C=O) groups excluding carboxylic acids is 1. The molecule has 0 bridgehead atoms. The van der Waals surface area contributed by atoms with Crippen LogP contribution in [0, 0.1) is 0 Å². The molecule has 4 rings (SSSR count). The van der Waals surface area contributed by atoms with Crippen molar-refractivity contribution in [2.45, 2.75) is 26.6 Å². The van der Waals surface area contributed by atoms with Gasteiger partial charge in [-0.3, -0.25) is 9.69 Å². The largest absolute Gasteiger partial charge is 0.366 e. The molecule has 3 aromatic carbocycles. The molecule has 0 saturated heterocycles. The second-order valence-corrected chi connectivity index (χ2v) is 7.35. The molecule has 0 saturated carbocycles.